The average Bonchev–Trinajstić information content (AvgIpc) is 3.52. The van der Waals surface area contributed by atoms with Crippen LogP contribution in [0.3, 0.4) is 0 Å². The first kappa shape index (κ1) is 15.6. The van der Waals surface area contributed by atoms with Crippen LogP contribution in [0, 0.1) is 0 Å². The fraction of sp³-hybridized carbons (Fsp3) is 0.389. The number of hydrogen-bond acceptors (Lipinski definition) is 3. The first-order valence-corrected chi connectivity index (χ1v) is 8.55. The van der Waals surface area contributed by atoms with Crippen LogP contribution < -0.4 is 9.80 Å². The maximum Gasteiger partial charge on any atom is 0.433 e. The Morgan fingerprint density at radius 2 is 1.85 bits per heavy atom. The van der Waals surface area contributed by atoms with Crippen molar-refractivity contribution in [2.75, 3.05) is 9.80 Å². The Bertz CT molecular complexity index is 896. The highest BCUT2D eigenvalue weighted by Crippen LogP contribution is 2.50. The number of nitrogens with zero attached hydrogens (tertiary/aromatic N) is 4. The molecule has 1 aliphatic heterocycles. The van der Waals surface area contributed by atoms with E-state index in [2.05, 4.69) is 9.97 Å². The van der Waals surface area contributed by atoms with Crippen LogP contribution in [-0.4, -0.2) is 28.1 Å². The highest BCUT2D eigenvalue weighted by molar-refractivity contribution is 6.09. The number of aromatic nitrogens is 2. The van der Waals surface area contributed by atoms with Crippen LogP contribution in [0.4, 0.5) is 29.3 Å². The fourth-order valence-corrected chi connectivity index (χ4v) is 3.77. The van der Waals surface area contributed by atoms with Crippen molar-refractivity contribution < 1.29 is 18.0 Å². The number of hydrogen-bond donors (Lipinski definition) is 0. The molecule has 1 saturated heterocycles. The van der Waals surface area contributed by atoms with Crippen LogP contribution in [0.25, 0.3) is 0 Å². The second-order valence-corrected chi connectivity index (χ2v) is 7.00. The van der Waals surface area contributed by atoms with Gasteiger partial charge >= 0.3 is 12.2 Å². The van der Waals surface area contributed by atoms with Gasteiger partial charge in [-0.3, -0.25) is 19.8 Å². The van der Waals surface area contributed by atoms with Crippen molar-refractivity contribution in [2.24, 2.45) is 0 Å². The summed E-state index contributed by atoms with van der Waals surface area (Å²) in [4.78, 5) is 23.7. The molecular weight excluding hydrogens is 345 g/mol. The molecule has 0 spiro atoms. The smallest absolute Gasteiger partial charge is 0.289 e. The number of carbonyl (C=O) groups excluding carboxylic acids is 1. The second-order valence-electron chi connectivity index (χ2n) is 7.00. The molecule has 3 fully saturated rings. The zero-order chi connectivity index (χ0) is 18.1. The van der Waals surface area contributed by atoms with Crippen molar-refractivity contribution in [3.05, 3.63) is 48.0 Å². The van der Waals surface area contributed by atoms with Crippen molar-refractivity contribution in [1.82, 2.24) is 9.97 Å². The third kappa shape index (κ3) is 2.35. The summed E-state index contributed by atoms with van der Waals surface area (Å²) in [6, 6.07) is 3.94. The quantitative estimate of drug-likeness (QED) is 0.832. The van der Waals surface area contributed by atoms with E-state index in [1.807, 2.05) is 6.07 Å². The SMILES string of the molecule is O=C1N(c2ccnc(C(F)(F)F)c2)[C@H]2C[C@@H]2N1c1cnccc1C1CC1. The van der Waals surface area contributed by atoms with E-state index in [1.54, 1.807) is 17.3 Å². The Labute approximate surface area is 147 Å². The molecule has 0 N–H and O–H groups in total. The van der Waals surface area contributed by atoms with Crippen LogP contribution in [-0.2, 0) is 6.18 Å². The first-order chi connectivity index (χ1) is 12.4. The van der Waals surface area contributed by atoms with Gasteiger partial charge in [-0.05, 0) is 48.9 Å². The van der Waals surface area contributed by atoms with Crippen LogP contribution in [0.2, 0.25) is 0 Å². The number of pyridine rings is 2. The lowest BCUT2D eigenvalue weighted by Gasteiger charge is -2.25. The highest BCUT2D eigenvalue weighted by Gasteiger charge is 2.58. The van der Waals surface area contributed by atoms with E-state index >= 15 is 0 Å². The lowest BCUT2D eigenvalue weighted by atomic mass is 10.1. The molecule has 8 heteroatoms. The van der Waals surface area contributed by atoms with Gasteiger partial charge in [-0.25, -0.2) is 4.79 Å². The predicted molar refractivity (Wildman–Crippen MR) is 88.0 cm³/mol. The standard InChI is InChI=1S/C18H15F3N4O/c19-18(20,21)16-7-11(3-6-23-16)24-13-8-14(13)25(17(24)26)15-9-22-5-4-12(15)10-1-2-10/h3-7,9-10,13-14H,1-2,8H2/t13-,14-/m0/s1. The van der Waals surface area contributed by atoms with E-state index in [9.17, 15) is 18.0 Å². The Kier molecular flexibility index (Phi) is 3.11. The summed E-state index contributed by atoms with van der Waals surface area (Å²) in [5.41, 5.74) is 1.15. The summed E-state index contributed by atoms with van der Waals surface area (Å²) < 4.78 is 38.9. The molecule has 2 atom stereocenters. The second kappa shape index (κ2) is 5.18. The van der Waals surface area contributed by atoms with Crippen molar-refractivity contribution in [1.29, 1.82) is 0 Å². The Hall–Kier alpha value is -2.64. The number of halogens is 3. The third-order valence-electron chi connectivity index (χ3n) is 5.22. The molecule has 0 bridgehead atoms. The van der Waals surface area contributed by atoms with E-state index < -0.39 is 11.9 Å². The summed E-state index contributed by atoms with van der Waals surface area (Å²) in [5.74, 6) is 0.449. The van der Waals surface area contributed by atoms with Crippen molar-refractivity contribution in [3.63, 3.8) is 0 Å². The van der Waals surface area contributed by atoms with E-state index in [4.69, 9.17) is 0 Å². The van der Waals surface area contributed by atoms with Gasteiger partial charge in [0, 0.05) is 18.1 Å². The molecule has 2 amide bonds. The number of alkyl halides is 3. The van der Waals surface area contributed by atoms with Crippen molar-refractivity contribution >= 4 is 17.4 Å². The Morgan fingerprint density at radius 3 is 2.58 bits per heavy atom. The van der Waals surface area contributed by atoms with E-state index in [0.29, 0.717) is 5.92 Å². The first-order valence-electron chi connectivity index (χ1n) is 8.55. The highest BCUT2D eigenvalue weighted by atomic mass is 19.4. The zero-order valence-electron chi connectivity index (χ0n) is 13.6. The maximum absolute atomic E-state index is 13.0. The number of anilines is 2. The molecule has 3 aliphatic rings. The molecule has 0 unspecified atom stereocenters. The van der Waals surface area contributed by atoms with Gasteiger partial charge in [0.25, 0.3) is 0 Å². The summed E-state index contributed by atoms with van der Waals surface area (Å²) in [7, 11) is 0. The molecule has 5 nitrogen and oxygen atoms in total. The molecular formula is C18H15F3N4O. The van der Waals surface area contributed by atoms with E-state index in [-0.39, 0.29) is 23.8 Å². The van der Waals surface area contributed by atoms with Gasteiger partial charge in [-0.1, -0.05) is 0 Å². The normalized spacial score (nSPS) is 24.8. The summed E-state index contributed by atoms with van der Waals surface area (Å²) >= 11 is 0. The van der Waals surface area contributed by atoms with E-state index in [0.717, 1.165) is 42.8 Å². The molecule has 2 aliphatic carbocycles. The topological polar surface area (TPSA) is 49.3 Å². The minimum absolute atomic E-state index is 0.00768. The van der Waals surface area contributed by atoms with Crippen molar-refractivity contribution in [3.8, 4) is 0 Å². The molecule has 0 radical (unpaired) electrons. The predicted octanol–water partition coefficient (Wildman–Crippen LogP) is 3.96. The molecule has 134 valence electrons. The number of carbonyl (C=O) groups is 1. The fourth-order valence-electron chi connectivity index (χ4n) is 3.77. The number of rotatable bonds is 3. The van der Waals surface area contributed by atoms with E-state index in [1.165, 1.54) is 11.0 Å². The Balaban J connectivity index is 1.51. The maximum atomic E-state index is 13.0. The Morgan fingerprint density at radius 1 is 1.08 bits per heavy atom. The molecule has 5 rings (SSSR count). The van der Waals surface area contributed by atoms with Crippen LogP contribution in [0.5, 0.6) is 0 Å². The molecule has 0 aromatic carbocycles. The van der Waals surface area contributed by atoms with Gasteiger partial charge in [0.1, 0.15) is 5.69 Å². The van der Waals surface area contributed by atoms with Gasteiger partial charge < -0.3 is 0 Å². The lowest BCUT2D eigenvalue weighted by Crippen LogP contribution is -2.37. The minimum atomic E-state index is -4.54. The van der Waals surface area contributed by atoms with Crippen molar-refractivity contribution in [2.45, 2.75) is 43.4 Å². The summed E-state index contributed by atoms with van der Waals surface area (Å²) in [6.45, 7) is 0. The van der Waals surface area contributed by atoms with Gasteiger partial charge in [-0.2, -0.15) is 13.2 Å². The lowest BCUT2D eigenvalue weighted by molar-refractivity contribution is -0.141. The average molecular weight is 360 g/mol. The summed E-state index contributed by atoms with van der Waals surface area (Å²) in [6.07, 6.45) is 2.91. The van der Waals surface area contributed by atoms with Crippen LogP contribution >= 0.6 is 0 Å². The number of amides is 2. The van der Waals surface area contributed by atoms with Gasteiger partial charge in [0.2, 0.25) is 0 Å². The molecule has 2 aromatic heterocycles. The van der Waals surface area contributed by atoms with Gasteiger partial charge in [0.15, 0.2) is 0 Å². The third-order valence-corrected chi connectivity index (χ3v) is 5.22. The molecule has 2 aromatic rings. The largest absolute Gasteiger partial charge is 0.433 e. The monoisotopic (exact) mass is 360 g/mol. The number of fused-ring (bicyclic) bond motifs is 1. The summed E-state index contributed by atoms with van der Waals surface area (Å²) in [5, 5.41) is 0. The molecule has 26 heavy (non-hydrogen) atoms. The zero-order valence-corrected chi connectivity index (χ0v) is 13.6. The van der Waals surface area contributed by atoms with Crippen LogP contribution in [0.15, 0.2) is 36.8 Å². The van der Waals surface area contributed by atoms with Gasteiger partial charge in [-0.15, -0.1) is 0 Å². The number of urea groups is 1. The molecule has 3 heterocycles. The van der Waals surface area contributed by atoms with Gasteiger partial charge in [0.05, 0.1) is 24.0 Å². The minimum Gasteiger partial charge on any atom is -0.289 e. The molecule has 2 saturated carbocycles. The van der Waals surface area contributed by atoms with Crippen LogP contribution in [0.1, 0.15) is 36.4 Å².